The summed E-state index contributed by atoms with van der Waals surface area (Å²) in [6.07, 6.45) is -0.551. The van der Waals surface area contributed by atoms with Crippen molar-refractivity contribution >= 4 is 16.8 Å². The molecule has 1 aromatic heterocycles. The Labute approximate surface area is 139 Å². The first kappa shape index (κ1) is 16.0. The quantitative estimate of drug-likeness (QED) is 0.678. The Hall–Kier alpha value is -2.88. The van der Waals surface area contributed by atoms with Crippen molar-refractivity contribution in [3.8, 4) is 16.9 Å². The van der Waals surface area contributed by atoms with Crippen LogP contribution in [0.4, 0.5) is 0 Å². The summed E-state index contributed by atoms with van der Waals surface area (Å²) < 4.78 is 11.1. The van der Waals surface area contributed by atoms with Crippen LogP contribution in [0.2, 0.25) is 0 Å². The molecule has 0 amide bonds. The summed E-state index contributed by atoms with van der Waals surface area (Å²) in [5, 5.41) is 0.834. The van der Waals surface area contributed by atoms with Crippen LogP contribution in [-0.4, -0.2) is 11.9 Å². The Morgan fingerprint density at radius 2 is 1.83 bits per heavy atom. The van der Waals surface area contributed by atoms with E-state index in [4.69, 9.17) is 9.15 Å². The van der Waals surface area contributed by atoms with Gasteiger partial charge in [-0.05, 0) is 44.0 Å². The third kappa shape index (κ3) is 2.95. The maximum absolute atomic E-state index is 12.0. The van der Waals surface area contributed by atoms with E-state index in [1.165, 1.54) is 13.0 Å². The third-order valence-corrected chi connectivity index (χ3v) is 4.07. The minimum Gasteiger partial charge on any atom is -0.483 e. The molecule has 3 rings (SSSR count). The SMILES string of the molecule is CC(=O)[C@H](C)Oc1ccc2c(-c3ccccc3)cc(=O)oc2c1C. The van der Waals surface area contributed by atoms with Crippen LogP contribution < -0.4 is 10.4 Å². The lowest BCUT2D eigenvalue weighted by atomic mass is 10.00. The highest BCUT2D eigenvalue weighted by Gasteiger charge is 2.16. The molecule has 0 unspecified atom stereocenters. The van der Waals surface area contributed by atoms with Crippen LogP contribution in [0.3, 0.4) is 0 Å². The Morgan fingerprint density at radius 3 is 2.50 bits per heavy atom. The standard InChI is InChI=1S/C20H18O4/c1-12-18(23-14(3)13(2)21)10-9-16-17(11-19(22)24-20(12)16)15-7-5-4-6-8-15/h4-11,14H,1-3H3/t14-/m0/s1. The zero-order valence-corrected chi connectivity index (χ0v) is 13.8. The lowest BCUT2D eigenvalue weighted by molar-refractivity contribution is -0.122. The molecule has 0 aliphatic heterocycles. The number of carbonyl (C=O) groups excluding carboxylic acids is 1. The van der Waals surface area contributed by atoms with Crippen molar-refractivity contribution in [1.82, 2.24) is 0 Å². The fourth-order valence-corrected chi connectivity index (χ4v) is 2.60. The first-order chi connectivity index (χ1) is 11.5. The lowest BCUT2D eigenvalue weighted by Gasteiger charge is -2.15. The second kappa shape index (κ2) is 6.32. The Morgan fingerprint density at radius 1 is 1.12 bits per heavy atom. The average Bonchev–Trinajstić information content (AvgIpc) is 2.57. The van der Waals surface area contributed by atoms with Crippen LogP contribution >= 0.6 is 0 Å². The zero-order chi connectivity index (χ0) is 17.3. The lowest BCUT2D eigenvalue weighted by Crippen LogP contribution is -2.21. The van der Waals surface area contributed by atoms with Gasteiger partial charge in [0.1, 0.15) is 11.3 Å². The van der Waals surface area contributed by atoms with Gasteiger partial charge in [0.25, 0.3) is 0 Å². The largest absolute Gasteiger partial charge is 0.483 e. The molecular weight excluding hydrogens is 304 g/mol. The highest BCUT2D eigenvalue weighted by atomic mass is 16.5. The maximum Gasteiger partial charge on any atom is 0.336 e. The highest BCUT2D eigenvalue weighted by Crippen LogP contribution is 2.33. The fraction of sp³-hybridized carbons (Fsp3) is 0.200. The molecule has 0 aliphatic carbocycles. The van der Waals surface area contributed by atoms with Crippen molar-refractivity contribution < 1.29 is 13.9 Å². The van der Waals surface area contributed by atoms with Gasteiger partial charge in [0.05, 0.1) is 0 Å². The molecule has 0 fully saturated rings. The van der Waals surface area contributed by atoms with Crippen LogP contribution in [0.15, 0.2) is 57.7 Å². The number of carbonyl (C=O) groups is 1. The second-order valence-corrected chi connectivity index (χ2v) is 5.78. The topological polar surface area (TPSA) is 56.5 Å². The van der Waals surface area contributed by atoms with Gasteiger partial charge in [0.2, 0.25) is 0 Å². The van der Waals surface area contributed by atoms with Gasteiger partial charge in [-0.1, -0.05) is 30.3 Å². The van der Waals surface area contributed by atoms with Crippen molar-refractivity contribution in [3.63, 3.8) is 0 Å². The van der Waals surface area contributed by atoms with Crippen LogP contribution in [0, 0.1) is 6.92 Å². The van der Waals surface area contributed by atoms with Gasteiger partial charge < -0.3 is 9.15 Å². The fourth-order valence-electron chi connectivity index (χ4n) is 2.60. The van der Waals surface area contributed by atoms with Gasteiger partial charge in [-0.2, -0.15) is 0 Å². The van der Waals surface area contributed by atoms with E-state index in [0.29, 0.717) is 16.9 Å². The maximum atomic E-state index is 12.0. The molecule has 4 nitrogen and oxygen atoms in total. The summed E-state index contributed by atoms with van der Waals surface area (Å²) in [5.41, 5.74) is 2.53. The highest BCUT2D eigenvalue weighted by molar-refractivity contribution is 5.95. The molecule has 0 saturated carbocycles. The molecular formula is C20H18O4. The number of fused-ring (bicyclic) bond motifs is 1. The van der Waals surface area contributed by atoms with Crippen LogP contribution in [0.25, 0.3) is 22.1 Å². The van der Waals surface area contributed by atoms with E-state index in [-0.39, 0.29) is 5.78 Å². The van der Waals surface area contributed by atoms with Crippen LogP contribution in [-0.2, 0) is 4.79 Å². The van der Waals surface area contributed by atoms with Crippen LogP contribution in [0.1, 0.15) is 19.4 Å². The number of aryl methyl sites for hydroxylation is 1. The summed E-state index contributed by atoms with van der Waals surface area (Å²) in [5.74, 6) is 0.479. The molecule has 0 radical (unpaired) electrons. The molecule has 2 aromatic carbocycles. The van der Waals surface area contributed by atoms with Gasteiger partial charge in [-0.25, -0.2) is 4.79 Å². The number of ether oxygens (including phenoxy) is 1. The minimum atomic E-state index is -0.551. The summed E-state index contributed by atoms with van der Waals surface area (Å²) in [6.45, 7) is 5.00. The van der Waals surface area contributed by atoms with Gasteiger partial charge >= 0.3 is 5.63 Å². The first-order valence-electron chi connectivity index (χ1n) is 7.77. The number of Topliss-reactive ketones (excluding diaryl/α,β-unsaturated/α-hetero) is 1. The van der Waals surface area contributed by atoms with E-state index >= 15 is 0 Å². The second-order valence-electron chi connectivity index (χ2n) is 5.78. The van der Waals surface area contributed by atoms with E-state index in [1.54, 1.807) is 6.92 Å². The summed E-state index contributed by atoms with van der Waals surface area (Å²) in [7, 11) is 0. The molecule has 3 aromatic rings. The smallest absolute Gasteiger partial charge is 0.336 e. The average molecular weight is 322 g/mol. The van der Waals surface area contributed by atoms with Crippen molar-refractivity contribution in [1.29, 1.82) is 0 Å². The monoisotopic (exact) mass is 322 g/mol. The van der Waals surface area contributed by atoms with E-state index in [2.05, 4.69) is 0 Å². The molecule has 1 atom stereocenters. The summed E-state index contributed by atoms with van der Waals surface area (Å²) in [6, 6.07) is 14.8. The van der Waals surface area contributed by atoms with Gasteiger partial charge in [0.15, 0.2) is 11.9 Å². The van der Waals surface area contributed by atoms with Gasteiger partial charge in [0, 0.05) is 17.0 Å². The number of benzene rings is 2. The third-order valence-electron chi connectivity index (χ3n) is 4.07. The van der Waals surface area contributed by atoms with E-state index in [0.717, 1.165) is 16.5 Å². The summed E-state index contributed by atoms with van der Waals surface area (Å²) >= 11 is 0. The molecule has 4 heteroatoms. The molecule has 0 saturated heterocycles. The van der Waals surface area contributed by atoms with E-state index in [1.807, 2.05) is 49.4 Å². The zero-order valence-electron chi connectivity index (χ0n) is 13.8. The Balaban J connectivity index is 2.19. The predicted octanol–water partition coefficient (Wildman–Crippen LogP) is 4.12. The van der Waals surface area contributed by atoms with Crippen molar-refractivity contribution in [3.05, 3.63) is 64.5 Å². The predicted molar refractivity (Wildman–Crippen MR) is 93.4 cm³/mol. The Bertz CT molecular complexity index is 955. The number of hydrogen-bond acceptors (Lipinski definition) is 4. The van der Waals surface area contributed by atoms with Gasteiger partial charge in [-0.3, -0.25) is 4.79 Å². The molecule has 24 heavy (non-hydrogen) atoms. The molecule has 0 bridgehead atoms. The van der Waals surface area contributed by atoms with Crippen molar-refractivity contribution in [2.75, 3.05) is 0 Å². The Kier molecular flexibility index (Phi) is 4.21. The van der Waals surface area contributed by atoms with E-state index in [9.17, 15) is 9.59 Å². The molecule has 1 heterocycles. The number of hydrogen-bond donors (Lipinski definition) is 0. The summed E-state index contributed by atoms with van der Waals surface area (Å²) in [4.78, 5) is 23.4. The molecule has 0 aliphatic rings. The van der Waals surface area contributed by atoms with Gasteiger partial charge in [-0.15, -0.1) is 0 Å². The number of rotatable bonds is 4. The molecule has 122 valence electrons. The molecule has 0 spiro atoms. The molecule has 0 N–H and O–H groups in total. The minimum absolute atomic E-state index is 0.0611. The van der Waals surface area contributed by atoms with Crippen LogP contribution in [0.5, 0.6) is 5.75 Å². The first-order valence-corrected chi connectivity index (χ1v) is 7.77. The van der Waals surface area contributed by atoms with Crippen molar-refractivity contribution in [2.45, 2.75) is 26.9 Å². The number of ketones is 1. The normalized spacial score (nSPS) is 12.1. The van der Waals surface area contributed by atoms with E-state index < -0.39 is 11.7 Å². The van der Waals surface area contributed by atoms with Crippen molar-refractivity contribution in [2.24, 2.45) is 0 Å².